The van der Waals surface area contributed by atoms with Crippen molar-refractivity contribution in [1.29, 1.82) is 0 Å². The molecule has 3 nitrogen and oxygen atoms in total. The van der Waals surface area contributed by atoms with Crippen molar-refractivity contribution >= 4 is 0 Å². The largest absolute Gasteiger partial charge is 0.385 e. The standard InChI is InChI=1S/C15H32N2O/c1-14(2,3)13-6-9-17(10-7-13)15(4,12-16)8-11-18-5/h13H,6-12,16H2,1-5H3. The molecule has 1 heterocycles. The first-order chi connectivity index (χ1) is 8.33. The van der Waals surface area contributed by atoms with Crippen molar-refractivity contribution in [2.75, 3.05) is 33.4 Å². The van der Waals surface area contributed by atoms with Crippen molar-refractivity contribution in [1.82, 2.24) is 4.90 Å². The van der Waals surface area contributed by atoms with Gasteiger partial charge in [-0.1, -0.05) is 20.8 Å². The Balaban J connectivity index is 2.54. The Bertz CT molecular complexity index is 241. The fraction of sp³-hybridized carbons (Fsp3) is 1.00. The van der Waals surface area contributed by atoms with Crippen LogP contribution >= 0.6 is 0 Å². The molecule has 0 aromatic rings. The molecule has 0 amide bonds. The summed E-state index contributed by atoms with van der Waals surface area (Å²) in [5, 5.41) is 0. The molecule has 2 N–H and O–H groups in total. The summed E-state index contributed by atoms with van der Waals surface area (Å²) >= 11 is 0. The highest BCUT2D eigenvalue weighted by Crippen LogP contribution is 2.36. The molecular weight excluding hydrogens is 224 g/mol. The number of ether oxygens (including phenoxy) is 1. The Morgan fingerprint density at radius 1 is 1.17 bits per heavy atom. The molecule has 1 saturated heterocycles. The molecule has 1 fully saturated rings. The summed E-state index contributed by atoms with van der Waals surface area (Å²) in [6.45, 7) is 13.2. The molecule has 0 radical (unpaired) electrons. The maximum Gasteiger partial charge on any atom is 0.0480 e. The molecule has 0 aliphatic carbocycles. The van der Waals surface area contributed by atoms with Crippen LogP contribution < -0.4 is 5.73 Å². The third-order valence-electron chi connectivity index (χ3n) is 4.77. The quantitative estimate of drug-likeness (QED) is 0.821. The average Bonchev–Trinajstić information content (AvgIpc) is 2.35. The zero-order valence-electron chi connectivity index (χ0n) is 13.0. The lowest BCUT2D eigenvalue weighted by molar-refractivity contribution is 0.0206. The van der Waals surface area contributed by atoms with E-state index >= 15 is 0 Å². The molecule has 0 spiro atoms. The first kappa shape index (κ1) is 15.9. The van der Waals surface area contributed by atoms with Crippen LogP contribution in [0.25, 0.3) is 0 Å². The SMILES string of the molecule is COCCC(C)(CN)N1CCC(C(C)(C)C)CC1. The molecule has 1 rings (SSSR count). The van der Waals surface area contributed by atoms with Gasteiger partial charge in [-0.2, -0.15) is 0 Å². The van der Waals surface area contributed by atoms with Gasteiger partial charge < -0.3 is 10.5 Å². The second-order valence-corrected chi connectivity index (χ2v) is 7.07. The van der Waals surface area contributed by atoms with Gasteiger partial charge in [-0.3, -0.25) is 4.90 Å². The van der Waals surface area contributed by atoms with E-state index in [9.17, 15) is 0 Å². The zero-order valence-corrected chi connectivity index (χ0v) is 13.0. The van der Waals surface area contributed by atoms with Crippen LogP contribution in [0.3, 0.4) is 0 Å². The molecule has 0 bridgehead atoms. The summed E-state index contributed by atoms with van der Waals surface area (Å²) in [5.41, 5.74) is 6.55. The Morgan fingerprint density at radius 3 is 2.11 bits per heavy atom. The predicted octanol–water partition coefficient (Wildman–Crippen LogP) is 2.50. The van der Waals surface area contributed by atoms with E-state index in [0.29, 0.717) is 5.41 Å². The van der Waals surface area contributed by atoms with E-state index in [4.69, 9.17) is 10.5 Å². The summed E-state index contributed by atoms with van der Waals surface area (Å²) in [4.78, 5) is 2.58. The van der Waals surface area contributed by atoms with Gasteiger partial charge in [0.1, 0.15) is 0 Å². The van der Waals surface area contributed by atoms with Crippen LogP contribution in [0.1, 0.15) is 47.0 Å². The Labute approximate surface area is 113 Å². The first-order valence-electron chi connectivity index (χ1n) is 7.27. The maximum atomic E-state index is 6.00. The van der Waals surface area contributed by atoms with Crippen molar-refractivity contribution < 1.29 is 4.74 Å². The fourth-order valence-corrected chi connectivity index (χ4v) is 3.00. The van der Waals surface area contributed by atoms with Crippen molar-refractivity contribution in [2.45, 2.75) is 52.5 Å². The van der Waals surface area contributed by atoms with Crippen LogP contribution in [0.4, 0.5) is 0 Å². The summed E-state index contributed by atoms with van der Waals surface area (Å²) in [5.74, 6) is 0.846. The molecule has 108 valence electrons. The minimum atomic E-state index is 0.110. The molecule has 0 saturated carbocycles. The Morgan fingerprint density at radius 2 is 1.72 bits per heavy atom. The molecule has 18 heavy (non-hydrogen) atoms. The number of hydrogen-bond donors (Lipinski definition) is 1. The molecular formula is C15H32N2O. The summed E-state index contributed by atoms with van der Waals surface area (Å²) in [7, 11) is 1.77. The average molecular weight is 256 g/mol. The van der Waals surface area contributed by atoms with Crippen LogP contribution in [-0.2, 0) is 4.74 Å². The van der Waals surface area contributed by atoms with Crippen molar-refractivity contribution in [3.8, 4) is 0 Å². The number of methoxy groups -OCH3 is 1. The highest BCUT2D eigenvalue weighted by atomic mass is 16.5. The van der Waals surface area contributed by atoms with Crippen LogP contribution in [0, 0.1) is 11.3 Å². The van der Waals surface area contributed by atoms with Gasteiger partial charge in [-0.25, -0.2) is 0 Å². The van der Waals surface area contributed by atoms with E-state index in [1.165, 1.54) is 25.9 Å². The number of rotatable bonds is 5. The lowest BCUT2D eigenvalue weighted by Gasteiger charge is -2.47. The molecule has 3 heteroatoms. The van der Waals surface area contributed by atoms with Crippen molar-refractivity contribution in [3.63, 3.8) is 0 Å². The second kappa shape index (κ2) is 6.36. The van der Waals surface area contributed by atoms with Gasteiger partial charge in [0.05, 0.1) is 0 Å². The molecule has 1 atom stereocenters. The topological polar surface area (TPSA) is 38.5 Å². The van der Waals surface area contributed by atoms with Crippen molar-refractivity contribution in [3.05, 3.63) is 0 Å². The van der Waals surface area contributed by atoms with Crippen molar-refractivity contribution in [2.24, 2.45) is 17.1 Å². The number of piperidine rings is 1. The molecule has 1 unspecified atom stereocenters. The monoisotopic (exact) mass is 256 g/mol. The second-order valence-electron chi connectivity index (χ2n) is 7.07. The summed E-state index contributed by atoms with van der Waals surface area (Å²) in [6.07, 6.45) is 3.62. The van der Waals surface area contributed by atoms with Gasteiger partial charge in [0.15, 0.2) is 0 Å². The third kappa shape index (κ3) is 3.94. The van der Waals surface area contributed by atoms with E-state index in [0.717, 1.165) is 25.5 Å². The summed E-state index contributed by atoms with van der Waals surface area (Å²) < 4.78 is 5.22. The van der Waals surface area contributed by atoms with Gasteiger partial charge in [-0.15, -0.1) is 0 Å². The predicted molar refractivity (Wildman–Crippen MR) is 77.7 cm³/mol. The minimum Gasteiger partial charge on any atom is -0.385 e. The van der Waals surface area contributed by atoms with Gasteiger partial charge in [-0.05, 0) is 50.6 Å². The van der Waals surface area contributed by atoms with E-state index in [-0.39, 0.29) is 5.54 Å². The smallest absolute Gasteiger partial charge is 0.0480 e. The highest BCUT2D eigenvalue weighted by molar-refractivity contribution is 4.91. The summed E-state index contributed by atoms with van der Waals surface area (Å²) in [6, 6.07) is 0. The van der Waals surface area contributed by atoms with Gasteiger partial charge in [0.2, 0.25) is 0 Å². The lowest BCUT2D eigenvalue weighted by Crippen LogP contribution is -2.55. The normalized spacial score (nSPS) is 23.0. The first-order valence-corrected chi connectivity index (χ1v) is 7.27. The van der Waals surface area contributed by atoms with E-state index in [2.05, 4.69) is 32.6 Å². The van der Waals surface area contributed by atoms with Crippen LogP contribution in [0.5, 0.6) is 0 Å². The minimum absolute atomic E-state index is 0.110. The molecule has 1 aliphatic heterocycles. The van der Waals surface area contributed by atoms with E-state index in [1.807, 2.05) is 0 Å². The number of hydrogen-bond acceptors (Lipinski definition) is 3. The number of nitrogens with two attached hydrogens (primary N) is 1. The lowest BCUT2D eigenvalue weighted by atomic mass is 9.74. The van der Waals surface area contributed by atoms with E-state index < -0.39 is 0 Å². The fourth-order valence-electron chi connectivity index (χ4n) is 3.00. The number of nitrogens with zero attached hydrogens (tertiary/aromatic N) is 1. The maximum absolute atomic E-state index is 6.00. The van der Waals surface area contributed by atoms with Crippen LogP contribution in [-0.4, -0.2) is 43.8 Å². The van der Waals surface area contributed by atoms with Crippen LogP contribution in [0.2, 0.25) is 0 Å². The van der Waals surface area contributed by atoms with Gasteiger partial charge >= 0.3 is 0 Å². The molecule has 0 aromatic carbocycles. The molecule has 1 aliphatic rings. The Hall–Kier alpha value is -0.120. The number of likely N-dealkylation sites (tertiary alicyclic amines) is 1. The zero-order chi connectivity index (χ0) is 13.8. The third-order valence-corrected chi connectivity index (χ3v) is 4.77. The van der Waals surface area contributed by atoms with Crippen LogP contribution in [0.15, 0.2) is 0 Å². The van der Waals surface area contributed by atoms with Gasteiger partial charge in [0, 0.05) is 25.8 Å². The highest BCUT2D eigenvalue weighted by Gasteiger charge is 2.36. The molecule has 0 aromatic heterocycles. The Kier molecular flexibility index (Phi) is 5.63. The van der Waals surface area contributed by atoms with Gasteiger partial charge in [0.25, 0.3) is 0 Å². The van der Waals surface area contributed by atoms with E-state index in [1.54, 1.807) is 7.11 Å².